The predicted octanol–water partition coefficient (Wildman–Crippen LogP) is 3.92. The van der Waals surface area contributed by atoms with Crippen LogP contribution in [0, 0.1) is 0 Å². The minimum atomic E-state index is 0. The van der Waals surface area contributed by atoms with Gasteiger partial charge in [-0.3, -0.25) is 0 Å². The van der Waals surface area contributed by atoms with Crippen molar-refractivity contribution >= 4 is 29.9 Å². The first-order chi connectivity index (χ1) is 14.2. The molecule has 0 aliphatic carbocycles. The molecular weight excluding hydrogens is 491 g/mol. The Morgan fingerprint density at radius 2 is 1.83 bits per heavy atom. The number of benzene rings is 1. The molecule has 0 amide bonds. The number of aliphatic imine (C=N–C) groups is 1. The maximum atomic E-state index is 5.45. The molecule has 0 aliphatic rings. The van der Waals surface area contributed by atoms with E-state index in [1.165, 1.54) is 11.1 Å². The van der Waals surface area contributed by atoms with Crippen molar-refractivity contribution in [1.29, 1.82) is 0 Å². The first-order valence-electron chi connectivity index (χ1n) is 10.3. The summed E-state index contributed by atoms with van der Waals surface area (Å²) in [6.07, 6.45) is 7.29. The topological polar surface area (TPSA) is 80.3 Å². The lowest BCUT2D eigenvalue weighted by atomic mass is 10.1. The molecule has 0 atom stereocenters. The van der Waals surface area contributed by atoms with Crippen molar-refractivity contribution in [3.8, 4) is 0 Å². The third-order valence-corrected chi connectivity index (χ3v) is 4.75. The quantitative estimate of drug-likeness (QED) is 0.253. The van der Waals surface area contributed by atoms with E-state index >= 15 is 0 Å². The van der Waals surface area contributed by atoms with E-state index in [4.69, 9.17) is 9.52 Å². The van der Waals surface area contributed by atoms with Crippen molar-refractivity contribution < 1.29 is 4.52 Å². The predicted molar refractivity (Wildman–Crippen MR) is 130 cm³/mol. The SMILES string of the molecule is CCNC(=NCc1ccc(Cn2ccnc2)cc1)NCc1c(CC)noc1CC.I. The second-order valence-electron chi connectivity index (χ2n) is 6.84. The Hall–Kier alpha value is -2.36. The summed E-state index contributed by atoms with van der Waals surface area (Å²) < 4.78 is 7.51. The number of nitrogens with zero attached hydrogens (tertiary/aromatic N) is 4. The van der Waals surface area contributed by atoms with Crippen molar-refractivity contribution in [1.82, 2.24) is 25.3 Å². The van der Waals surface area contributed by atoms with Gasteiger partial charge in [-0.2, -0.15) is 0 Å². The van der Waals surface area contributed by atoms with Gasteiger partial charge in [0.15, 0.2) is 5.96 Å². The van der Waals surface area contributed by atoms with E-state index in [1.54, 1.807) is 6.20 Å². The third-order valence-electron chi connectivity index (χ3n) is 4.75. The maximum Gasteiger partial charge on any atom is 0.191 e. The Labute approximate surface area is 195 Å². The number of halogens is 1. The van der Waals surface area contributed by atoms with E-state index in [9.17, 15) is 0 Å². The zero-order valence-corrected chi connectivity index (χ0v) is 20.2. The van der Waals surface area contributed by atoms with Crippen LogP contribution in [0.1, 0.15) is 48.9 Å². The summed E-state index contributed by atoms with van der Waals surface area (Å²) in [7, 11) is 0. The summed E-state index contributed by atoms with van der Waals surface area (Å²) >= 11 is 0. The standard InChI is InChI=1S/C22H30N6O.HI/c1-4-20-19(21(5-2)29-27-20)14-26-22(24-6-3)25-13-17-7-9-18(10-8-17)15-28-12-11-23-16-28;/h7-12,16H,4-6,13-15H2,1-3H3,(H2,24,25,26);1H. The van der Waals surface area contributed by atoms with Crippen LogP contribution >= 0.6 is 24.0 Å². The minimum Gasteiger partial charge on any atom is -0.361 e. The molecule has 0 fully saturated rings. The third kappa shape index (κ3) is 6.58. The average molecular weight is 522 g/mol. The fraction of sp³-hybridized carbons (Fsp3) is 0.409. The van der Waals surface area contributed by atoms with Crippen LogP contribution in [0.15, 0.2) is 52.5 Å². The Morgan fingerprint density at radius 1 is 1.07 bits per heavy atom. The molecule has 2 aromatic heterocycles. The van der Waals surface area contributed by atoms with Gasteiger partial charge in [0.1, 0.15) is 5.76 Å². The zero-order valence-electron chi connectivity index (χ0n) is 17.9. The van der Waals surface area contributed by atoms with Gasteiger partial charge in [0.2, 0.25) is 0 Å². The summed E-state index contributed by atoms with van der Waals surface area (Å²) in [5.41, 5.74) is 4.57. The summed E-state index contributed by atoms with van der Waals surface area (Å²) in [4.78, 5) is 8.81. The molecule has 3 aromatic rings. The monoisotopic (exact) mass is 522 g/mol. The maximum absolute atomic E-state index is 5.45. The molecule has 0 bridgehead atoms. The van der Waals surface area contributed by atoms with Crippen LogP contribution in [0.4, 0.5) is 0 Å². The van der Waals surface area contributed by atoms with Gasteiger partial charge in [-0.15, -0.1) is 24.0 Å². The molecule has 0 saturated heterocycles. The fourth-order valence-electron chi connectivity index (χ4n) is 3.16. The summed E-state index contributed by atoms with van der Waals surface area (Å²) in [6.45, 7) is 9.15. The second-order valence-corrected chi connectivity index (χ2v) is 6.84. The van der Waals surface area contributed by atoms with E-state index in [2.05, 4.69) is 70.4 Å². The Bertz CT molecular complexity index is 881. The molecule has 0 spiro atoms. The van der Waals surface area contributed by atoms with E-state index in [1.807, 2.05) is 12.5 Å². The lowest BCUT2D eigenvalue weighted by Gasteiger charge is -2.12. The van der Waals surface area contributed by atoms with Crippen LogP contribution in [-0.2, 0) is 32.5 Å². The van der Waals surface area contributed by atoms with Gasteiger partial charge in [-0.25, -0.2) is 9.98 Å². The molecule has 3 rings (SSSR count). The van der Waals surface area contributed by atoms with Gasteiger partial charge in [-0.1, -0.05) is 43.3 Å². The summed E-state index contributed by atoms with van der Waals surface area (Å²) in [5.74, 6) is 1.74. The summed E-state index contributed by atoms with van der Waals surface area (Å²) in [5, 5.41) is 10.9. The molecular formula is C22H31IN6O. The number of guanidine groups is 1. The minimum absolute atomic E-state index is 0. The van der Waals surface area contributed by atoms with Crippen molar-refractivity contribution in [3.63, 3.8) is 0 Å². The second kappa shape index (κ2) is 12.4. The Morgan fingerprint density at radius 3 is 2.47 bits per heavy atom. The van der Waals surface area contributed by atoms with Gasteiger partial charge >= 0.3 is 0 Å². The lowest BCUT2D eigenvalue weighted by molar-refractivity contribution is 0.380. The zero-order chi connectivity index (χ0) is 20.5. The highest BCUT2D eigenvalue weighted by Crippen LogP contribution is 2.15. The number of aromatic nitrogens is 3. The van der Waals surface area contributed by atoms with Gasteiger partial charge in [0, 0.05) is 44.0 Å². The smallest absolute Gasteiger partial charge is 0.191 e. The fourth-order valence-corrected chi connectivity index (χ4v) is 3.16. The summed E-state index contributed by atoms with van der Waals surface area (Å²) in [6, 6.07) is 8.54. The highest BCUT2D eigenvalue weighted by Gasteiger charge is 2.13. The van der Waals surface area contributed by atoms with E-state index in [0.29, 0.717) is 13.1 Å². The molecule has 30 heavy (non-hydrogen) atoms. The highest BCUT2D eigenvalue weighted by atomic mass is 127. The van der Waals surface area contributed by atoms with Crippen LogP contribution in [0.3, 0.4) is 0 Å². The van der Waals surface area contributed by atoms with Crippen LogP contribution in [-0.4, -0.2) is 27.2 Å². The van der Waals surface area contributed by atoms with Crippen molar-refractivity contribution in [3.05, 3.63) is 71.1 Å². The molecule has 0 aliphatic heterocycles. The van der Waals surface area contributed by atoms with E-state index in [-0.39, 0.29) is 24.0 Å². The normalized spacial score (nSPS) is 11.2. The number of hydrogen-bond acceptors (Lipinski definition) is 4. The molecule has 0 radical (unpaired) electrons. The van der Waals surface area contributed by atoms with Crippen LogP contribution in [0.25, 0.3) is 0 Å². The van der Waals surface area contributed by atoms with Gasteiger partial charge < -0.3 is 19.7 Å². The molecule has 0 saturated carbocycles. The average Bonchev–Trinajstić information content (AvgIpc) is 3.40. The number of imidazole rings is 1. The number of aryl methyl sites for hydroxylation is 2. The van der Waals surface area contributed by atoms with Crippen molar-refractivity contribution in [2.24, 2.45) is 4.99 Å². The highest BCUT2D eigenvalue weighted by molar-refractivity contribution is 14.0. The van der Waals surface area contributed by atoms with Crippen LogP contribution < -0.4 is 10.6 Å². The first-order valence-corrected chi connectivity index (χ1v) is 10.3. The lowest BCUT2D eigenvalue weighted by Crippen LogP contribution is -2.37. The van der Waals surface area contributed by atoms with Crippen molar-refractivity contribution in [2.45, 2.75) is 53.2 Å². The molecule has 1 aromatic carbocycles. The molecule has 2 N–H and O–H groups in total. The number of hydrogen-bond donors (Lipinski definition) is 2. The molecule has 0 unspecified atom stereocenters. The van der Waals surface area contributed by atoms with E-state index in [0.717, 1.165) is 48.9 Å². The van der Waals surface area contributed by atoms with Crippen LogP contribution in [0.2, 0.25) is 0 Å². The van der Waals surface area contributed by atoms with Gasteiger partial charge in [-0.05, 0) is 24.5 Å². The van der Waals surface area contributed by atoms with Gasteiger partial charge in [0.25, 0.3) is 0 Å². The molecule has 162 valence electrons. The molecule has 2 heterocycles. The Kier molecular flexibility index (Phi) is 9.85. The molecule has 7 nitrogen and oxygen atoms in total. The number of nitrogens with one attached hydrogen (secondary N) is 2. The first kappa shape index (κ1) is 23.9. The Balaban J connectivity index is 0.00000320. The van der Waals surface area contributed by atoms with Crippen molar-refractivity contribution in [2.75, 3.05) is 6.54 Å². The largest absolute Gasteiger partial charge is 0.361 e. The van der Waals surface area contributed by atoms with E-state index < -0.39 is 0 Å². The van der Waals surface area contributed by atoms with Gasteiger partial charge in [0.05, 0.1) is 18.6 Å². The number of rotatable bonds is 9. The molecule has 8 heteroatoms. The van der Waals surface area contributed by atoms with Crippen LogP contribution in [0.5, 0.6) is 0 Å².